The molecule has 0 aromatic heterocycles. The number of nitrogens with two attached hydrogens (primary N) is 1. The first kappa shape index (κ1) is 12.6. The largest absolute Gasteiger partial charge is 0.398 e. The van der Waals surface area contributed by atoms with Crippen molar-refractivity contribution in [2.45, 2.75) is 34.1 Å². The molecular formula is C15H21N. The average molecular weight is 215 g/mol. The minimum absolute atomic E-state index is 0.862. The topological polar surface area (TPSA) is 26.0 Å². The summed E-state index contributed by atoms with van der Waals surface area (Å²) in [4.78, 5) is 0. The van der Waals surface area contributed by atoms with E-state index < -0.39 is 0 Å². The molecule has 0 aliphatic rings. The maximum absolute atomic E-state index is 5.90. The predicted octanol–water partition coefficient (Wildman–Crippen LogP) is 4.34. The van der Waals surface area contributed by atoms with E-state index in [0.717, 1.165) is 17.7 Å². The number of aryl methyl sites for hydroxylation is 1. The van der Waals surface area contributed by atoms with Gasteiger partial charge in [0.2, 0.25) is 0 Å². The molecule has 0 heterocycles. The van der Waals surface area contributed by atoms with Crippen LogP contribution in [-0.4, -0.2) is 0 Å². The summed E-state index contributed by atoms with van der Waals surface area (Å²) in [6.07, 6.45) is 5.42. The molecule has 86 valence electrons. The molecule has 0 fully saturated rings. The Kier molecular flexibility index (Phi) is 4.36. The molecule has 16 heavy (non-hydrogen) atoms. The number of benzene rings is 1. The molecule has 1 rings (SSSR count). The molecule has 1 aromatic carbocycles. The second-order valence-corrected chi connectivity index (χ2v) is 4.29. The van der Waals surface area contributed by atoms with Gasteiger partial charge in [0.1, 0.15) is 0 Å². The van der Waals surface area contributed by atoms with Gasteiger partial charge in [-0.15, -0.1) is 0 Å². The fourth-order valence-electron chi connectivity index (χ4n) is 1.37. The van der Waals surface area contributed by atoms with Gasteiger partial charge in [0.15, 0.2) is 0 Å². The van der Waals surface area contributed by atoms with Crippen LogP contribution in [0, 0.1) is 6.92 Å². The molecule has 0 aliphatic carbocycles. The minimum Gasteiger partial charge on any atom is -0.398 e. The van der Waals surface area contributed by atoms with Gasteiger partial charge in [-0.3, -0.25) is 0 Å². The van der Waals surface area contributed by atoms with Gasteiger partial charge in [-0.05, 0) is 50.0 Å². The summed E-state index contributed by atoms with van der Waals surface area (Å²) < 4.78 is 0. The van der Waals surface area contributed by atoms with Gasteiger partial charge in [0, 0.05) is 5.69 Å². The summed E-state index contributed by atoms with van der Waals surface area (Å²) in [6, 6.07) is 6.22. The average Bonchev–Trinajstić information content (AvgIpc) is 2.29. The molecule has 0 amide bonds. The fraction of sp³-hybridized carbons (Fsp3) is 0.333. The number of hydrogen-bond acceptors (Lipinski definition) is 1. The highest BCUT2D eigenvalue weighted by Crippen LogP contribution is 2.20. The fourth-order valence-corrected chi connectivity index (χ4v) is 1.37. The monoisotopic (exact) mass is 215 g/mol. The minimum atomic E-state index is 0.862. The Hall–Kier alpha value is -1.50. The van der Waals surface area contributed by atoms with Crippen LogP contribution in [0.25, 0.3) is 5.57 Å². The lowest BCUT2D eigenvalue weighted by atomic mass is 10.0. The highest BCUT2D eigenvalue weighted by molar-refractivity contribution is 5.69. The van der Waals surface area contributed by atoms with Crippen LogP contribution >= 0.6 is 0 Å². The predicted molar refractivity (Wildman–Crippen MR) is 73.3 cm³/mol. The van der Waals surface area contributed by atoms with E-state index in [1.807, 2.05) is 13.0 Å². The lowest BCUT2D eigenvalue weighted by Gasteiger charge is -2.05. The first-order chi connectivity index (χ1) is 7.54. The summed E-state index contributed by atoms with van der Waals surface area (Å²) in [5.41, 5.74) is 11.7. The van der Waals surface area contributed by atoms with E-state index in [9.17, 15) is 0 Å². The highest BCUT2D eigenvalue weighted by atomic mass is 14.5. The van der Waals surface area contributed by atoms with Crippen molar-refractivity contribution in [3.05, 3.63) is 47.1 Å². The molecule has 0 radical (unpaired) electrons. The Morgan fingerprint density at radius 2 is 1.94 bits per heavy atom. The Labute approximate surface area is 98.7 Å². The Morgan fingerprint density at radius 3 is 2.50 bits per heavy atom. The van der Waals surface area contributed by atoms with Crippen LogP contribution in [-0.2, 0) is 0 Å². The van der Waals surface area contributed by atoms with Gasteiger partial charge < -0.3 is 5.73 Å². The standard InChI is InChI=1S/C15H21N/c1-5-11(2)6-7-12(3)14-9-8-13(4)15(16)10-14/h6-10H,5,16H2,1-4H3/b11-6+,12-7+. The van der Waals surface area contributed by atoms with Gasteiger partial charge in [0.05, 0.1) is 0 Å². The van der Waals surface area contributed by atoms with E-state index in [2.05, 4.69) is 45.1 Å². The third kappa shape index (κ3) is 3.27. The Balaban J connectivity index is 2.96. The van der Waals surface area contributed by atoms with Crippen LogP contribution in [0.3, 0.4) is 0 Å². The summed E-state index contributed by atoms with van der Waals surface area (Å²) in [6.45, 7) is 8.45. The van der Waals surface area contributed by atoms with Crippen molar-refractivity contribution in [2.75, 3.05) is 5.73 Å². The lowest BCUT2D eigenvalue weighted by molar-refractivity contribution is 1.10. The Bertz CT molecular complexity index is 425. The number of allylic oxidation sites excluding steroid dienone is 4. The summed E-state index contributed by atoms with van der Waals surface area (Å²) in [5, 5.41) is 0. The zero-order valence-corrected chi connectivity index (χ0v) is 10.7. The molecule has 1 heteroatoms. The van der Waals surface area contributed by atoms with Gasteiger partial charge in [0.25, 0.3) is 0 Å². The number of hydrogen-bond donors (Lipinski definition) is 1. The van der Waals surface area contributed by atoms with E-state index in [1.54, 1.807) is 0 Å². The third-order valence-electron chi connectivity index (χ3n) is 2.91. The Morgan fingerprint density at radius 1 is 1.25 bits per heavy atom. The normalized spacial score (nSPS) is 13.0. The van der Waals surface area contributed by atoms with Crippen molar-refractivity contribution < 1.29 is 0 Å². The van der Waals surface area contributed by atoms with Crippen molar-refractivity contribution in [3.8, 4) is 0 Å². The summed E-state index contributed by atoms with van der Waals surface area (Å²) >= 11 is 0. The van der Waals surface area contributed by atoms with Crippen LogP contribution in [0.4, 0.5) is 5.69 Å². The second kappa shape index (κ2) is 5.55. The molecule has 0 unspecified atom stereocenters. The number of rotatable bonds is 3. The zero-order valence-electron chi connectivity index (χ0n) is 10.7. The quantitative estimate of drug-likeness (QED) is 0.589. The van der Waals surface area contributed by atoms with E-state index in [4.69, 9.17) is 5.73 Å². The second-order valence-electron chi connectivity index (χ2n) is 4.29. The summed E-state index contributed by atoms with van der Waals surface area (Å²) in [7, 11) is 0. The molecule has 0 saturated carbocycles. The van der Waals surface area contributed by atoms with Crippen molar-refractivity contribution in [1.29, 1.82) is 0 Å². The van der Waals surface area contributed by atoms with Gasteiger partial charge in [-0.25, -0.2) is 0 Å². The first-order valence-electron chi connectivity index (χ1n) is 5.75. The maximum atomic E-state index is 5.90. The molecule has 0 spiro atoms. The highest BCUT2D eigenvalue weighted by Gasteiger charge is 1.98. The van der Waals surface area contributed by atoms with Crippen molar-refractivity contribution >= 4 is 11.3 Å². The van der Waals surface area contributed by atoms with Gasteiger partial charge >= 0.3 is 0 Å². The first-order valence-corrected chi connectivity index (χ1v) is 5.75. The van der Waals surface area contributed by atoms with Crippen molar-refractivity contribution in [2.24, 2.45) is 0 Å². The van der Waals surface area contributed by atoms with E-state index in [-0.39, 0.29) is 0 Å². The number of anilines is 1. The van der Waals surface area contributed by atoms with Gasteiger partial charge in [-0.1, -0.05) is 36.8 Å². The van der Waals surface area contributed by atoms with Crippen molar-refractivity contribution in [3.63, 3.8) is 0 Å². The third-order valence-corrected chi connectivity index (χ3v) is 2.91. The molecular weight excluding hydrogens is 194 g/mol. The van der Waals surface area contributed by atoms with E-state index in [0.29, 0.717) is 0 Å². The molecule has 0 aliphatic heterocycles. The summed E-state index contributed by atoms with van der Waals surface area (Å²) in [5.74, 6) is 0. The van der Waals surface area contributed by atoms with Crippen LogP contribution in [0.15, 0.2) is 35.9 Å². The lowest BCUT2D eigenvalue weighted by Crippen LogP contribution is -1.90. The van der Waals surface area contributed by atoms with Crippen molar-refractivity contribution in [1.82, 2.24) is 0 Å². The van der Waals surface area contributed by atoms with Crippen LogP contribution < -0.4 is 5.73 Å². The molecule has 0 bridgehead atoms. The van der Waals surface area contributed by atoms with E-state index >= 15 is 0 Å². The molecule has 1 nitrogen and oxygen atoms in total. The molecule has 1 aromatic rings. The smallest absolute Gasteiger partial charge is 0.0349 e. The van der Waals surface area contributed by atoms with Gasteiger partial charge in [-0.2, -0.15) is 0 Å². The van der Waals surface area contributed by atoms with E-state index in [1.165, 1.54) is 16.7 Å². The van der Waals surface area contributed by atoms with Crippen LogP contribution in [0.1, 0.15) is 38.3 Å². The van der Waals surface area contributed by atoms with Crippen LogP contribution in [0.5, 0.6) is 0 Å². The number of nitrogen functional groups attached to an aromatic ring is 1. The molecule has 0 atom stereocenters. The molecule has 2 N–H and O–H groups in total. The maximum Gasteiger partial charge on any atom is 0.0349 e. The molecule has 0 saturated heterocycles. The zero-order chi connectivity index (χ0) is 12.1. The van der Waals surface area contributed by atoms with Crippen LogP contribution in [0.2, 0.25) is 0 Å². The SMILES string of the molecule is CC/C(C)=C/C=C(\C)c1ccc(C)c(N)c1.